The maximum atomic E-state index is 11.5. The molecule has 19 heavy (non-hydrogen) atoms. The van der Waals surface area contributed by atoms with Gasteiger partial charge in [0, 0.05) is 28.1 Å². The molecule has 2 rings (SSSR count). The second-order valence-corrected chi connectivity index (χ2v) is 5.03. The van der Waals surface area contributed by atoms with E-state index in [1.165, 1.54) is 6.92 Å². The summed E-state index contributed by atoms with van der Waals surface area (Å²) in [6.45, 7) is 1.83. The lowest BCUT2D eigenvalue weighted by Crippen LogP contribution is -2.03. The normalized spacial score (nSPS) is 10.2. The molecule has 98 valence electrons. The van der Waals surface area contributed by atoms with Crippen LogP contribution in [0.2, 0.25) is 0 Å². The van der Waals surface area contributed by atoms with Gasteiger partial charge >= 0.3 is 0 Å². The van der Waals surface area contributed by atoms with Crippen molar-refractivity contribution in [3.05, 3.63) is 52.3 Å². The van der Waals surface area contributed by atoms with Gasteiger partial charge in [0.25, 0.3) is 0 Å². The van der Waals surface area contributed by atoms with Crippen molar-refractivity contribution < 1.29 is 9.53 Å². The highest BCUT2D eigenvalue weighted by Gasteiger charge is 2.09. The van der Waals surface area contributed by atoms with Crippen molar-refractivity contribution >= 4 is 27.4 Å². The molecule has 0 radical (unpaired) electrons. The Morgan fingerprint density at radius 3 is 2.84 bits per heavy atom. The van der Waals surface area contributed by atoms with Crippen LogP contribution in [0.25, 0.3) is 0 Å². The number of nitrogen functional groups attached to an aromatic ring is 1. The van der Waals surface area contributed by atoms with Crippen LogP contribution in [0.4, 0.5) is 5.69 Å². The van der Waals surface area contributed by atoms with E-state index in [0.29, 0.717) is 23.6 Å². The van der Waals surface area contributed by atoms with E-state index >= 15 is 0 Å². The zero-order chi connectivity index (χ0) is 13.8. The first-order valence-electron chi connectivity index (χ1n) is 5.69. The van der Waals surface area contributed by atoms with Crippen LogP contribution >= 0.6 is 15.9 Å². The second-order valence-electron chi connectivity index (χ2n) is 4.11. The molecule has 0 aliphatic rings. The zero-order valence-corrected chi connectivity index (χ0v) is 12.0. The molecule has 0 aliphatic heterocycles. The molecule has 2 aromatic rings. The van der Waals surface area contributed by atoms with Crippen molar-refractivity contribution in [2.24, 2.45) is 0 Å². The van der Waals surface area contributed by atoms with Crippen molar-refractivity contribution in [1.82, 2.24) is 4.98 Å². The van der Waals surface area contributed by atoms with Crippen molar-refractivity contribution in [3.8, 4) is 5.75 Å². The van der Waals surface area contributed by atoms with Gasteiger partial charge in [0.15, 0.2) is 5.78 Å². The number of anilines is 1. The number of benzene rings is 1. The van der Waals surface area contributed by atoms with E-state index in [9.17, 15) is 4.79 Å². The Bertz CT molecular complexity index is 614. The molecule has 0 bridgehead atoms. The van der Waals surface area contributed by atoms with Gasteiger partial charge in [-0.25, -0.2) is 0 Å². The summed E-state index contributed by atoms with van der Waals surface area (Å²) >= 11 is 3.35. The van der Waals surface area contributed by atoms with Crippen LogP contribution in [0.1, 0.15) is 22.8 Å². The van der Waals surface area contributed by atoms with Crippen LogP contribution in [0, 0.1) is 0 Å². The summed E-state index contributed by atoms with van der Waals surface area (Å²) in [5, 5.41) is 0. The first-order valence-corrected chi connectivity index (χ1v) is 6.48. The number of hydrogen-bond acceptors (Lipinski definition) is 4. The highest BCUT2D eigenvalue weighted by Crippen LogP contribution is 2.23. The third-order valence-corrected chi connectivity index (χ3v) is 2.97. The number of carbonyl (C=O) groups excluding carboxylic acids is 1. The zero-order valence-electron chi connectivity index (χ0n) is 10.4. The lowest BCUT2D eigenvalue weighted by molar-refractivity contribution is 0.101. The summed E-state index contributed by atoms with van der Waals surface area (Å²) in [5.41, 5.74) is 7.62. The summed E-state index contributed by atoms with van der Waals surface area (Å²) in [4.78, 5) is 15.6. The van der Waals surface area contributed by atoms with E-state index in [1.807, 2.05) is 6.07 Å². The maximum absolute atomic E-state index is 11.5. The quantitative estimate of drug-likeness (QED) is 0.694. The molecular formula is C14H13BrN2O2. The summed E-state index contributed by atoms with van der Waals surface area (Å²) in [6, 6.07) is 6.95. The van der Waals surface area contributed by atoms with Crippen LogP contribution in [0.5, 0.6) is 5.75 Å². The SMILES string of the molecule is CC(=O)c1cc(N)ccc1OCc1cncc(Br)c1. The van der Waals surface area contributed by atoms with Crippen LogP contribution in [-0.4, -0.2) is 10.8 Å². The lowest BCUT2D eigenvalue weighted by Gasteiger charge is -2.10. The number of pyridine rings is 1. The Hall–Kier alpha value is -1.88. The number of ether oxygens (including phenoxy) is 1. The Morgan fingerprint density at radius 2 is 2.16 bits per heavy atom. The molecule has 0 spiro atoms. The molecule has 2 N–H and O–H groups in total. The third kappa shape index (κ3) is 3.54. The molecule has 0 amide bonds. The second kappa shape index (κ2) is 5.84. The summed E-state index contributed by atoms with van der Waals surface area (Å²) in [5.74, 6) is 0.455. The Morgan fingerprint density at radius 1 is 1.37 bits per heavy atom. The average molecular weight is 321 g/mol. The summed E-state index contributed by atoms with van der Waals surface area (Å²) < 4.78 is 6.54. The first kappa shape index (κ1) is 13.5. The average Bonchev–Trinajstić information content (AvgIpc) is 2.37. The highest BCUT2D eigenvalue weighted by atomic mass is 79.9. The smallest absolute Gasteiger partial charge is 0.163 e. The third-order valence-electron chi connectivity index (χ3n) is 2.54. The predicted molar refractivity (Wildman–Crippen MR) is 77.1 cm³/mol. The molecule has 1 aromatic carbocycles. The fourth-order valence-electron chi connectivity index (χ4n) is 1.64. The molecule has 0 saturated carbocycles. The number of nitrogens with two attached hydrogens (primary N) is 1. The van der Waals surface area contributed by atoms with Gasteiger partial charge in [-0.3, -0.25) is 9.78 Å². The minimum Gasteiger partial charge on any atom is -0.488 e. The van der Waals surface area contributed by atoms with Gasteiger partial charge in [-0.1, -0.05) is 0 Å². The number of hydrogen-bond donors (Lipinski definition) is 1. The monoisotopic (exact) mass is 320 g/mol. The van der Waals surface area contributed by atoms with E-state index in [1.54, 1.807) is 30.6 Å². The number of nitrogens with zero attached hydrogens (tertiary/aromatic N) is 1. The molecule has 0 atom stereocenters. The molecule has 4 nitrogen and oxygen atoms in total. The largest absolute Gasteiger partial charge is 0.488 e. The van der Waals surface area contributed by atoms with E-state index < -0.39 is 0 Å². The molecular weight excluding hydrogens is 308 g/mol. The van der Waals surface area contributed by atoms with Gasteiger partial charge in [0.2, 0.25) is 0 Å². The predicted octanol–water partition coefficient (Wildman–Crippen LogP) is 3.21. The molecule has 1 aromatic heterocycles. The summed E-state index contributed by atoms with van der Waals surface area (Å²) in [6.07, 6.45) is 3.42. The highest BCUT2D eigenvalue weighted by molar-refractivity contribution is 9.10. The van der Waals surface area contributed by atoms with Crippen molar-refractivity contribution in [2.45, 2.75) is 13.5 Å². The number of halogens is 1. The number of aromatic nitrogens is 1. The standard InChI is InChI=1S/C14H13BrN2O2/c1-9(18)13-5-12(16)2-3-14(13)19-8-10-4-11(15)7-17-6-10/h2-7H,8,16H2,1H3. The molecule has 0 saturated heterocycles. The Balaban J connectivity index is 2.17. The van der Waals surface area contributed by atoms with E-state index in [4.69, 9.17) is 10.5 Å². The number of carbonyl (C=O) groups is 1. The van der Waals surface area contributed by atoms with E-state index in [2.05, 4.69) is 20.9 Å². The van der Waals surface area contributed by atoms with Gasteiger partial charge in [-0.2, -0.15) is 0 Å². The molecule has 0 unspecified atom stereocenters. The topological polar surface area (TPSA) is 65.2 Å². The fraction of sp³-hybridized carbons (Fsp3) is 0.143. The van der Waals surface area contributed by atoms with E-state index in [0.717, 1.165) is 10.0 Å². The van der Waals surface area contributed by atoms with Gasteiger partial charge in [0.05, 0.1) is 5.56 Å². The van der Waals surface area contributed by atoms with Crippen molar-refractivity contribution in [3.63, 3.8) is 0 Å². The number of Topliss-reactive ketones (excluding diaryl/α,β-unsaturated/α-hetero) is 1. The molecule has 0 fully saturated rings. The number of rotatable bonds is 4. The Kier molecular flexibility index (Phi) is 4.16. The first-order chi connectivity index (χ1) is 9.06. The molecule has 0 aliphatic carbocycles. The fourth-order valence-corrected chi connectivity index (χ4v) is 2.06. The Labute approximate surface area is 119 Å². The van der Waals surface area contributed by atoms with Crippen molar-refractivity contribution in [1.29, 1.82) is 0 Å². The lowest BCUT2D eigenvalue weighted by atomic mass is 10.1. The van der Waals surface area contributed by atoms with Gasteiger partial charge < -0.3 is 10.5 Å². The van der Waals surface area contributed by atoms with Crippen LogP contribution in [0.15, 0.2) is 41.1 Å². The van der Waals surface area contributed by atoms with Crippen molar-refractivity contribution in [2.75, 3.05) is 5.73 Å². The maximum Gasteiger partial charge on any atom is 0.163 e. The number of ketones is 1. The van der Waals surface area contributed by atoms with Crippen LogP contribution in [-0.2, 0) is 6.61 Å². The van der Waals surface area contributed by atoms with Gasteiger partial charge in [-0.05, 0) is 47.1 Å². The van der Waals surface area contributed by atoms with E-state index in [-0.39, 0.29) is 5.78 Å². The summed E-state index contributed by atoms with van der Waals surface area (Å²) in [7, 11) is 0. The van der Waals surface area contributed by atoms with Crippen LogP contribution in [0.3, 0.4) is 0 Å². The molecule has 5 heteroatoms. The minimum atomic E-state index is -0.0744. The van der Waals surface area contributed by atoms with Gasteiger partial charge in [0.1, 0.15) is 12.4 Å². The molecule has 1 heterocycles. The minimum absolute atomic E-state index is 0.0744. The van der Waals surface area contributed by atoms with Gasteiger partial charge in [-0.15, -0.1) is 0 Å². The van der Waals surface area contributed by atoms with Crippen LogP contribution < -0.4 is 10.5 Å².